The first-order valence-electron chi connectivity index (χ1n) is 32.9. The van der Waals surface area contributed by atoms with Crippen molar-refractivity contribution in [2.45, 2.75) is 356 Å². The molecule has 0 saturated carbocycles. The first-order valence-corrected chi connectivity index (χ1v) is 32.9. The fraction of sp³-hybridized carbons (Fsp3) is 0.952. The van der Waals surface area contributed by atoms with E-state index in [2.05, 4.69) is 19.2 Å². The van der Waals surface area contributed by atoms with Gasteiger partial charge in [0, 0.05) is 6.42 Å². The van der Waals surface area contributed by atoms with Crippen molar-refractivity contribution < 1.29 is 89.4 Å². The summed E-state index contributed by atoms with van der Waals surface area (Å²) in [6, 6.07) is -0.967. The van der Waals surface area contributed by atoms with Crippen LogP contribution in [-0.4, -0.2) is 193 Å². The maximum atomic E-state index is 13.3. The Labute approximate surface area is 493 Å². The van der Waals surface area contributed by atoms with Crippen LogP contribution in [0.3, 0.4) is 0 Å². The SMILES string of the molecule is CCCCCCCCCCCCCCCCCCCCCCCC/C=C/C(O)C(COC1OC(CO)C(OC2OC(CO)C(OC3OC(CO)C(O)C(O)C3O)C(O)C2O)C(O)C1O)NC(=O)CCCCCCCCCCCCCCC. The van der Waals surface area contributed by atoms with Crippen LogP contribution in [0.25, 0.3) is 0 Å². The van der Waals surface area contributed by atoms with Crippen LogP contribution in [0.5, 0.6) is 0 Å². The fourth-order valence-corrected chi connectivity index (χ4v) is 11.4. The number of allylic oxidation sites excluding steroid dienone is 1. The summed E-state index contributed by atoms with van der Waals surface area (Å²) in [5, 5.41) is 120. The molecule has 0 aliphatic carbocycles. The summed E-state index contributed by atoms with van der Waals surface area (Å²) in [4.78, 5) is 13.3. The molecule has 82 heavy (non-hydrogen) atoms. The lowest BCUT2D eigenvalue weighted by Crippen LogP contribution is -2.66. The van der Waals surface area contributed by atoms with Crippen LogP contribution >= 0.6 is 0 Å². The third kappa shape index (κ3) is 29.5. The lowest BCUT2D eigenvalue weighted by molar-refractivity contribution is -0.379. The van der Waals surface area contributed by atoms with Crippen molar-refractivity contribution in [2.75, 3.05) is 26.4 Å². The van der Waals surface area contributed by atoms with E-state index in [1.807, 2.05) is 6.08 Å². The zero-order chi connectivity index (χ0) is 59.7. The molecule has 3 aliphatic heterocycles. The maximum absolute atomic E-state index is 13.3. The van der Waals surface area contributed by atoms with E-state index < -0.39 is 124 Å². The Bertz CT molecular complexity index is 1550. The molecule has 0 radical (unpaired) electrons. The molecular weight excluding hydrogens is 1060 g/mol. The molecule has 17 unspecified atom stereocenters. The Kier molecular flexibility index (Phi) is 42.5. The molecule has 3 aliphatic rings. The second kappa shape index (κ2) is 46.7. The molecule has 0 spiro atoms. The normalized spacial score (nSPS) is 29.6. The first kappa shape index (κ1) is 74.8. The molecule has 3 fully saturated rings. The lowest BCUT2D eigenvalue weighted by atomic mass is 9.96. The Morgan fingerprint density at radius 3 is 1.15 bits per heavy atom. The van der Waals surface area contributed by atoms with Crippen LogP contribution in [-0.2, 0) is 33.2 Å². The standard InChI is InChI=1S/C63H119NO18/c1-3-5-7-9-11-13-15-17-18-19-20-21-22-23-24-25-26-27-29-30-32-34-36-38-40-47(68)46(64-51(69)41-39-37-35-33-31-28-16-14-12-10-8-6-4-2)45-77-61-57(75)54(72)59(49(43-66)79-61)82-63-58(76)55(73)60(50(44-67)80-63)81-62-56(74)53(71)52(70)48(42-65)78-62/h38,40,46-50,52-63,65-68,70-76H,3-37,39,41-45H2,1-2H3,(H,64,69)/b40-38+. The van der Waals surface area contributed by atoms with Gasteiger partial charge in [0.1, 0.15) is 73.2 Å². The number of carbonyl (C=O) groups excluding carboxylic acids is 1. The van der Waals surface area contributed by atoms with Gasteiger partial charge in [-0.05, 0) is 19.3 Å². The van der Waals surface area contributed by atoms with Crippen molar-refractivity contribution in [1.82, 2.24) is 5.32 Å². The van der Waals surface area contributed by atoms with Crippen LogP contribution in [0.15, 0.2) is 12.2 Å². The Morgan fingerprint density at radius 1 is 0.427 bits per heavy atom. The van der Waals surface area contributed by atoms with E-state index in [0.29, 0.717) is 6.42 Å². The number of aliphatic hydroxyl groups is 11. The average Bonchev–Trinajstić information content (AvgIpc) is 3.53. The molecule has 0 aromatic heterocycles. The topological polar surface area (TPSA) is 307 Å². The van der Waals surface area contributed by atoms with Gasteiger partial charge in [0.05, 0.1) is 38.6 Å². The Hall–Kier alpha value is -1.47. The highest BCUT2D eigenvalue weighted by atomic mass is 16.8. The number of nitrogens with one attached hydrogen (secondary N) is 1. The lowest BCUT2D eigenvalue weighted by Gasteiger charge is -2.48. The summed E-state index contributed by atoms with van der Waals surface area (Å²) < 4.78 is 34.3. The number of ether oxygens (including phenoxy) is 6. The quantitative estimate of drug-likeness (QED) is 0.0210. The molecule has 3 saturated heterocycles. The summed E-state index contributed by atoms with van der Waals surface area (Å²) in [5.74, 6) is -0.272. The molecule has 12 N–H and O–H groups in total. The molecule has 1 amide bonds. The van der Waals surface area contributed by atoms with E-state index in [1.54, 1.807) is 6.08 Å². The highest BCUT2D eigenvalue weighted by molar-refractivity contribution is 5.76. The minimum atomic E-state index is -1.97. The molecule has 19 heteroatoms. The van der Waals surface area contributed by atoms with Gasteiger partial charge >= 0.3 is 0 Å². The van der Waals surface area contributed by atoms with Gasteiger partial charge in [0.15, 0.2) is 18.9 Å². The van der Waals surface area contributed by atoms with Crippen molar-refractivity contribution in [3.63, 3.8) is 0 Å². The summed E-state index contributed by atoms with van der Waals surface area (Å²) in [5.41, 5.74) is 0. The predicted octanol–water partition coefficient (Wildman–Crippen LogP) is 7.33. The van der Waals surface area contributed by atoms with Gasteiger partial charge in [-0.15, -0.1) is 0 Å². The number of carbonyl (C=O) groups is 1. The Balaban J connectivity index is 1.45. The molecule has 0 aromatic carbocycles. The molecule has 3 heterocycles. The smallest absolute Gasteiger partial charge is 0.220 e. The number of hydrogen-bond acceptors (Lipinski definition) is 18. The van der Waals surface area contributed by atoms with Crippen LogP contribution in [0.1, 0.15) is 251 Å². The van der Waals surface area contributed by atoms with Gasteiger partial charge in [0.25, 0.3) is 0 Å². The summed E-state index contributed by atoms with van der Waals surface area (Å²) >= 11 is 0. The van der Waals surface area contributed by atoms with Crippen molar-refractivity contribution in [2.24, 2.45) is 0 Å². The highest BCUT2D eigenvalue weighted by Crippen LogP contribution is 2.33. The van der Waals surface area contributed by atoms with E-state index in [0.717, 1.165) is 44.9 Å². The average molecular weight is 1180 g/mol. The van der Waals surface area contributed by atoms with E-state index in [-0.39, 0.29) is 18.9 Å². The van der Waals surface area contributed by atoms with Crippen LogP contribution in [0.2, 0.25) is 0 Å². The zero-order valence-electron chi connectivity index (χ0n) is 50.7. The molecule has 3 rings (SSSR count). The molecule has 0 aromatic rings. The first-order chi connectivity index (χ1) is 39.8. The van der Waals surface area contributed by atoms with Gasteiger partial charge in [-0.25, -0.2) is 0 Å². The number of unbranched alkanes of at least 4 members (excludes halogenated alkanes) is 34. The molecule has 484 valence electrons. The minimum Gasteiger partial charge on any atom is -0.394 e. The molecular formula is C63H119NO18. The fourth-order valence-electron chi connectivity index (χ4n) is 11.4. The van der Waals surface area contributed by atoms with Crippen LogP contribution in [0, 0.1) is 0 Å². The van der Waals surface area contributed by atoms with Gasteiger partial charge in [-0.3, -0.25) is 4.79 Å². The van der Waals surface area contributed by atoms with Crippen molar-refractivity contribution in [3.05, 3.63) is 12.2 Å². The van der Waals surface area contributed by atoms with Crippen molar-refractivity contribution >= 4 is 5.91 Å². The van der Waals surface area contributed by atoms with Gasteiger partial charge < -0.3 is 89.9 Å². The maximum Gasteiger partial charge on any atom is 0.220 e. The summed E-state index contributed by atoms with van der Waals surface area (Å²) in [6.07, 6.45) is 21.9. The van der Waals surface area contributed by atoms with Crippen LogP contribution < -0.4 is 5.32 Å². The van der Waals surface area contributed by atoms with E-state index in [9.17, 15) is 61.0 Å². The molecule has 19 nitrogen and oxygen atoms in total. The second-order valence-electron chi connectivity index (χ2n) is 23.9. The van der Waals surface area contributed by atoms with Crippen molar-refractivity contribution in [1.29, 1.82) is 0 Å². The van der Waals surface area contributed by atoms with Gasteiger partial charge in [0.2, 0.25) is 5.91 Å². The number of rotatable bonds is 50. The minimum absolute atomic E-state index is 0.249. The van der Waals surface area contributed by atoms with Crippen LogP contribution in [0.4, 0.5) is 0 Å². The Morgan fingerprint density at radius 2 is 0.756 bits per heavy atom. The van der Waals surface area contributed by atoms with E-state index in [1.165, 1.54) is 180 Å². The van der Waals surface area contributed by atoms with Gasteiger partial charge in [-0.1, -0.05) is 238 Å². The molecule has 0 bridgehead atoms. The monoisotopic (exact) mass is 1180 g/mol. The number of amides is 1. The van der Waals surface area contributed by atoms with E-state index in [4.69, 9.17) is 28.4 Å². The highest BCUT2D eigenvalue weighted by Gasteiger charge is 2.53. The third-order valence-electron chi connectivity index (χ3n) is 16.8. The summed E-state index contributed by atoms with van der Waals surface area (Å²) in [6.45, 7) is 1.75. The predicted molar refractivity (Wildman–Crippen MR) is 314 cm³/mol. The number of hydrogen-bond donors (Lipinski definition) is 12. The molecule has 17 atom stereocenters. The third-order valence-corrected chi connectivity index (χ3v) is 16.8. The zero-order valence-corrected chi connectivity index (χ0v) is 50.7. The largest absolute Gasteiger partial charge is 0.394 e. The van der Waals surface area contributed by atoms with Gasteiger partial charge in [-0.2, -0.15) is 0 Å². The van der Waals surface area contributed by atoms with Crippen molar-refractivity contribution in [3.8, 4) is 0 Å². The van der Waals surface area contributed by atoms with E-state index >= 15 is 0 Å². The summed E-state index contributed by atoms with van der Waals surface area (Å²) in [7, 11) is 0. The second-order valence-corrected chi connectivity index (χ2v) is 23.9. The number of aliphatic hydroxyl groups excluding tert-OH is 11.